The third-order valence-electron chi connectivity index (χ3n) is 3.24. The summed E-state index contributed by atoms with van der Waals surface area (Å²) in [6.45, 7) is 3.14. The summed E-state index contributed by atoms with van der Waals surface area (Å²) in [5.74, 6) is 1.45. The first-order chi connectivity index (χ1) is 9.24. The smallest absolute Gasteiger partial charge is 0.161 e. The molecule has 98 valence electrons. The van der Waals surface area contributed by atoms with Crippen LogP contribution in [0.3, 0.4) is 0 Å². The molecule has 0 bridgehead atoms. The fraction of sp³-hybridized carbons (Fsp3) is 0.250. The second-order valence-corrected chi connectivity index (χ2v) is 4.72. The Labute approximate surface area is 112 Å². The molecule has 1 aliphatic rings. The molecule has 0 saturated heterocycles. The lowest BCUT2D eigenvalue weighted by atomic mass is 9.99. The summed E-state index contributed by atoms with van der Waals surface area (Å²) in [6.07, 6.45) is -0.643. The number of rotatable bonds is 2. The van der Waals surface area contributed by atoms with Gasteiger partial charge in [0.25, 0.3) is 0 Å². The van der Waals surface area contributed by atoms with Crippen LogP contribution in [0.25, 0.3) is 0 Å². The van der Waals surface area contributed by atoms with Gasteiger partial charge in [0, 0.05) is 0 Å². The third-order valence-corrected chi connectivity index (χ3v) is 3.24. The first-order valence-electron chi connectivity index (χ1n) is 6.38. The van der Waals surface area contributed by atoms with Crippen LogP contribution < -0.4 is 9.47 Å². The van der Waals surface area contributed by atoms with Crippen LogP contribution in [0, 0.1) is 6.92 Å². The number of aryl methyl sites for hydroxylation is 1. The van der Waals surface area contributed by atoms with Gasteiger partial charge < -0.3 is 14.6 Å². The van der Waals surface area contributed by atoms with Crippen LogP contribution in [-0.2, 0) is 0 Å². The number of fused-ring (bicyclic) bond motifs is 1. The molecular weight excluding hydrogens is 240 g/mol. The van der Waals surface area contributed by atoms with Crippen molar-refractivity contribution in [3.63, 3.8) is 0 Å². The zero-order valence-corrected chi connectivity index (χ0v) is 10.8. The summed E-state index contributed by atoms with van der Waals surface area (Å²) in [5.41, 5.74) is 2.83. The van der Waals surface area contributed by atoms with Crippen LogP contribution in [0.15, 0.2) is 42.5 Å². The largest absolute Gasteiger partial charge is 0.486 e. The van der Waals surface area contributed by atoms with Gasteiger partial charge >= 0.3 is 0 Å². The van der Waals surface area contributed by atoms with Crippen LogP contribution in [-0.4, -0.2) is 18.3 Å². The van der Waals surface area contributed by atoms with Gasteiger partial charge in [0.15, 0.2) is 11.5 Å². The summed E-state index contributed by atoms with van der Waals surface area (Å²) in [5, 5.41) is 10.4. The Morgan fingerprint density at radius 2 is 1.68 bits per heavy atom. The number of hydrogen-bond acceptors (Lipinski definition) is 3. The topological polar surface area (TPSA) is 38.7 Å². The Bertz CT molecular complexity index is 592. The van der Waals surface area contributed by atoms with E-state index in [1.165, 1.54) is 0 Å². The second-order valence-electron chi connectivity index (χ2n) is 4.72. The molecular formula is C16H16O3. The van der Waals surface area contributed by atoms with E-state index in [4.69, 9.17) is 9.47 Å². The highest BCUT2D eigenvalue weighted by Gasteiger charge is 2.16. The van der Waals surface area contributed by atoms with E-state index < -0.39 is 6.10 Å². The Kier molecular flexibility index (Phi) is 3.13. The maximum Gasteiger partial charge on any atom is 0.161 e. The van der Waals surface area contributed by atoms with E-state index in [0.717, 1.165) is 22.4 Å². The maximum atomic E-state index is 10.4. The van der Waals surface area contributed by atoms with Crippen LogP contribution in [0.1, 0.15) is 22.8 Å². The predicted octanol–water partition coefficient (Wildman–Crippen LogP) is 2.85. The van der Waals surface area contributed by atoms with Crippen molar-refractivity contribution < 1.29 is 14.6 Å². The first-order valence-corrected chi connectivity index (χ1v) is 6.38. The Hall–Kier alpha value is -2.00. The molecule has 3 nitrogen and oxygen atoms in total. The van der Waals surface area contributed by atoms with E-state index >= 15 is 0 Å². The first kappa shape index (κ1) is 12.1. The van der Waals surface area contributed by atoms with E-state index in [1.807, 2.05) is 49.4 Å². The highest BCUT2D eigenvalue weighted by Crippen LogP contribution is 2.34. The SMILES string of the molecule is Cc1cccc(C(O)c2ccc3c(c2)OCCO3)c1. The van der Waals surface area contributed by atoms with Gasteiger partial charge in [-0.1, -0.05) is 35.9 Å². The molecule has 0 spiro atoms. The van der Waals surface area contributed by atoms with Crippen molar-refractivity contribution in [2.45, 2.75) is 13.0 Å². The summed E-state index contributed by atoms with van der Waals surface area (Å²) < 4.78 is 11.0. The summed E-state index contributed by atoms with van der Waals surface area (Å²) in [6, 6.07) is 13.5. The van der Waals surface area contributed by atoms with Crippen LogP contribution in [0.4, 0.5) is 0 Å². The van der Waals surface area contributed by atoms with Crippen molar-refractivity contribution >= 4 is 0 Å². The van der Waals surface area contributed by atoms with Gasteiger partial charge in [0.1, 0.15) is 19.3 Å². The molecule has 2 aromatic rings. The van der Waals surface area contributed by atoms with Gasteiger partial charge in [-0.3, -0.25) is 0 Å². The monoisotopic (exact) mass is 256 g/mol. The molecule has 1 N–H and O–H groups in total. The van der Waals surface area contributed by atoms with E-state index in [-0.39, 0.29) is 0 Å². The molecule has 0 aliphatic carbocycles. The van der Waals surface area contributed by atoms with Gasteiger partial charge in [-0.25, -0.2) is 0 Å². The van der Waals surface area contributed by atoms with Crippen molar-refractivity contribution in [3.8, 4) is 11.5 Å². The number of hydrogen-bond donors (Lipinski definition) is 1. The van der Waals surface area contributed by atoms with Gasteiger partial charge in [-0.2, -0.15) is 0 Å². The molecule has 1 aliphatic heterocycles. The molecule has 0 aromatic heterocycles. The molecule has 1 unspecified atom stereocenters. The van der Waals surface area contributed by atoms with E-state index in [2.05, 4.69) is 0 Å². The molecule has 0 fully saturated rings. The van der Waals surface area contributed by atoms with Crippen molar-refractivity contribution in [1.82, 2.24) is 0 Å². The lowest BCUT2D eigenvalue weighted by molar-refractivity contribution is 0.169. The quantitative estimate of drug-likeness (QED) is 0.898. The predicted molar refractivity (Wildman–Crippen MR) is 72.7 cm³/mol. The minimum atomic E-state index is -0.643. The maximum absolute atomic E-state index is 10.4. The Morgan fingerprint density at radius 1 is 0.947 bits per heavy atom. The number of benzene rings is 2. The molecule has 0 saturated carbocycles. The van der Waals surface area contributed by atoms with Gasteiger partial charge in [-0.15, -0.1) is 0 Å². The number of aliphatic hydroxyl groups excluding tert-OH is 1. The highest BCUT2D eigenvalue weighted by molar-refractivity contribution is 5.46. The molecule has 1 atom stereocenters. The molecule has 3 heteroatoms. The fourth-order valence-electron chi connectivity index (χ4n) is 2.26. The average molecular weight is 256 g/mol. The van der Waals surface area contributed by atoms with Crippen molar-refractivity contribution in [3.05, 3.63) is 59.2 Å². The van der Waals surface area contributed by atoms with Crippen LogP contribution in [0.5, 0.6) is 11.5 Å². The molecule has 0 radical (unpaired) electrons. The standard InChI is InChI=1S/C16H16O3/c1-11-3-2-4-12(9-11)16(17)13-5-6-14-15(10-13)19-8-7-18-14/h2-6,9-10,16-17H,7-8H2,1H3. The molecule has 3 rings (SSSR count). The third kappa shape index (κ3) is 2.42. The summed E-state index contributed by atoms with van der Waals surface area (Å²) in [7, 11) is 0. The fourth-order valence-corrected chi connectivity index (χ4v) is 2.26. The second kappa shape index (κ2) is 4.94. The molecule has 1 heterocycles. The van der Waals surface area contributed by atoms with E-state index in [1.54, 1.807) is 0 Å². The minimum Gasteiger partial charge on any atom is -0.486 e. The van der Waals surface area contributed by atoms with E-state index in [0.29, 0.717) is 19.0 Å². The lowest BCUT2D eigenvalue weighted by Crippen LogP contribution is -2.15. The van der Waals surface area contributed by atoms with E-state index in [9.17, 15) is 5.11 Å². The minimum absolute atomic E-state index is 0.553. The number of aliphatic hydroxyl groups is 1. The Balaban J connectivity index is 1.93. The summed E-state index contributed by atoms with van der Waals surface area (Å²) in [4.78, 5) is 0. The summed E-state index contributed by atoms with van der Waals surface area (Å²) >= 11 is 0. The van der Waals surface area contributed by atoms with Crippen LogP contribution >= 0.6 is 0 Å². The zero-order chi connectivity index (χ0) is 13.2. The lowest BCUT2D eigenvalue weighted by Gasteiger charge is -2.20. The highest BCUT2D eigenvalue weighted by atomic mass is 16.6. The zero-order valence-electron chi connectivity index (χ0n) is 10.8. The normalized spacial score (nSPS) is 15.1. The van der Waals surface area contributed by atoms with Crippen molar-refractivity contribution in [1.29, 1.82) is 0 Å². The molecule has 19 heavy (non-hydrogen) atoms. The Morgan fingerprint density at radius 3 is 2.47 bits per heavy atom. The van der Waals surface area contributed by atoms with Gasteiger partial charge in [0.05, 0.1) is 0 Å². The van der Waals surface area contributed by atoms with Crippen molar-refractivity contribution in [2.75, 3.05) is 13.2 Å². The molecule has 0 amide bonds. The van der Waals surface area contributed by atoms with Crippen molar-refractivity contribution in [2.24, 2.45) is 0 Å². The number of ether oxygens (including phenoxy) is 2. The average Bonchev–Trinajstić information content (AvgIpc) is 2.46. The van der Waals surface area contributed by atoms with Crippen LogP contribution in [0.2, 0.25) is 0 Å². The molecule has 2 aromatic carbocycles. The van der Waals surface area contributed by atoms with Gasteiger partial charge in [0.2, 0.25) is 0 Å². The van der Waals surface area contributed by atoms with Gasteiger partial charge in [-0.05, 0) is 30.2 Å².